The number of aryl methyl sites for hydroxylation is 1. The number of nitrogens with one attached hydrogen (secondary N) is 1. The molecule has 20 heavy (non-hydrogen) atoms. The summed E-state index contributed by atoms with van der Waals surface area (Å²) in [7, 11) is -3.75. The van der Waals surface area contributed by atoms with Crippen LogP contribution in [0.4, 0.5) is 10.1 Å². The van der Waals surface area contributed by atoms with Crippen LogP contribution in [0.25, 0.3) is 0 Å². The minimum Gasteiger partial charge on any atom is -0.396 e. The largest absolute Gasteiger partial charge is 0.396 e. The first-order valence-corrected chi connectivity index (χ1v) is 8.27. The number of anilines is 1. The molecule has 0 saturated heterocycles. The Morgan fingerprint density at radius 1 is 1.40 bits per heavy atom. The zero-order chi connectivity index (χ0) is 14.9. The van der Waals surface area contributed by atoms with Gasteiger partial charge < -0.3 is 5.73 Å². The summed E-state index contributed by atoms with van der Waals surface area (Å²) in [4.78, 5) is 0.755. The summed E-state index contributed by atoms with van der Waals surface area (Å²) >= 11 is 7.06. The lowest BCUT2D eigenvalue weighted by Crippen LogP contribution is -2.23. The van der Waals surface area contributed by atoms with Crippen LogP contribution in [-0.2, 0) is 16.6 Å². The summed E-state index contributed by atoms with van der Waals surface area (Å²) in [5.41, 5.74) is 5.51. The van der Waals surface area contributed by atoms with Crippen molar-refractivity contribution in [3.8, 4) is 0 Å². The number of hydrogen-bond donors (Lipinski definition) is 2. The number of nitrogens with two attached hydrogens (primary N) is 1. The van der Waals surface area contributed by atoms with E-state index in [9.17, 15) is 12.8 Å². The zero-order valence-corrected chi connectivity index (χ0v) is 12.9. The van der Waals surface area contributed by atoms with E-state index >= 15 is 0 Å². The van der Waals surface area contributed by atoms with Crippen molar-refractivity contribution in [2.45, 2.75) is 18.4 Å². The van der Waals surface area contributed by atoms with Crippen LogP contribution in [0.1, 0.15) is 10.4 Å². The second kappa shape index (κ2) is 5.69. The Balaban J connectivity index is 2.24. The SMILES string of the molecule is Cc1cc(F)c(N)cc1S(=O)(=O)NCc1ccc(Cl)s1. The molecule has 2 rings (SSSR count). The number of benzene rings is 1. The highest BCUT2D eigenvalue weighted by molar-refractivity contribution is 7.89. The van der Waals surface area contributed by atoms with Crippen molar-refractivity contribution >= 4 is 38.6 Å². The van der Waals surface area contributed by atoms with Crippen molar-refractivity contribution in [1.29, 1.82) is 0 Å². The van der Waals surface area contributed by atoms with Crippen LogP contribution in [0.2, 0.25) is 4.34 Å². The van der Waals surface area contributed by atoms with Crippen molar-refractivity contribution in [2.75, 3.05) is 5.73 Å². The summed E-state index contributed by atoms with van der Waals surface area (Å²) < 4.78 is 40.6. The molecule has 1 aromatic carbocycles. The minimum atomic E-state index is -3.75. The fraction of sp³-hybridized carbons (Fsp3) is 0.167. The minimum absolute atomic E-state index is 0.0287. The van der Waals surface area contributed by atoms with E-state index in [1.807, 2.05) is 0 Å². The normalized spacial score (nSPS) is 11.8. The smallest absolute Gasteiger partial charge is 0.241 e. The fourth-order valence-electron chi connectivity index (χ4n) is 1.65. The van der Waals surface area contributed by atoms with Crippen LogP contribution in [0, 0.1) is 12.7 Å². The average Bonchev–Trinajstić information content (AvgIpc) is 2.77. The van der Waals surface area contributed by atoms with Crippen LogP contribution in [0.15, 0.2) is 29.2 Å². The second-order valence-electron chi connectivity index (χ2n) is 4.17. The van der Waals surface area contributed by atoms with Gasteiger partial charge in [0, 0.05) is 11.4 Å². The van der Waals surface area contributed by atoms with Gasteiger partial charge in [-0.25, -0.2) is 17.5 Å². The predicted octanol–water partition coefficient (Wildman–Crippen LogP) is 2.91. The molecule has 0 aliphatic heterocycles. The van der Waals surface area contributed by atoms with Crippen molar-refractivity contribution in [1.82, 2.24) is 4.72 Å². The monoisotopic (exact) mass is 334 g/mol. The van der Waals surface area contributed by atoms with Crippen LogP contribution in [0.5, 0.6) is 0 Å². The highest BCUT2D eigenvalue weighted by atomic mass is 35.5. The Morgan fingerprint density at radius 2 is 2.10 bits per heavy atom. The molecule has 0 fully saturated rings. The molecule has 0 aliphatic rings. The molecule has 2 aromatic rings. The Labute approximate surface area is 125 Å². The summed E-state index contributed by atoms with van der Waals surface area (Å²) in [5, 5.41) is 0. The molecule has 0 amide bonds. The van der Waals surface area contributed by atoms with E-state index < -0.39 is 15.8 Å². The summed E-state index contributed by atoms with van der Waals surface area (Å²) in [6.07, 6.45) is 0. The summed E-state index contributed by atoms with van der Waals surface area (Å²) in [5.74, 6) is -0.633. The van der Waals surface area contributed by atoms with Crippen LogP contribution in [-0.4, -0.2) is 8.42 Å². The number of sulfonamides is 1. The summed E-state index contributed by atoms with van der Waals surface area (Å²) in [6.45, 7) is 1.63. The standard InChI is InChI=1S/C12H12ClFN2O2S2/c1-7-4-9(14)10(15)5-11(7)20(17,18)16-6-8-2-3-12(13)19-8/h2-5,16H,6,15H2,1H3. The zero-order valence-electron chi connectivity index (χ0n) is 10.5. The van der Waals surface area contributed by atoms with Gasteiger partial charge in [-0.15, -0.1) is 11.3 Å². The predicted molar refractivity (Wildman–Crippen MR) is 78.9 cm³/mol. The molecule has 108 valence electrons. The van der Waals surface area contributed by atoms with Crippen LogP contribution in [0.3, 0.4) is 0 Å². The van der Waals surface area contributed by atoms with Gasteiger partial charge in [-0.2, -0.15) is 0 Å². The molecule has 0 bridgehead atoms. The van der Waals surface area contributed by atoms with Gasteiger partial charge in [-0.05, 0) is 36.8 Å². The van der Waals surface area contributed by atoms with Gasteiger partial charge in [0.15, 0.2) is 0 Å². The van der Waals surface area contributed by atoms with Gasteiger partial charge >= 0.3 is 0 Å². The molecular weight excluding hydrogens is 323 g/mol. The first kappa shape index (κ1) is 15.2. The van der Waals surface area contributed by atoms with E-state index in [2.05, 4.69) is 4.72 Å². The third kappa shape index (κ3) is 3.29. The molecule has 0 atom stereocenters. The van der Waals surface area contributed by atoms with Crippen LogP contribution >= 0.6 is 22.9 Å². The third-order valence-electron chi connectivity index (χ3n) is 2.65. The van der Waals surface area contributed by atoms with E-state index in [1.54, 1.807) is 12.1 Å². The topological polar surface area (TPSA) is 72.2 Å². The molecule has 0 aliphatic carbocycles. The first-order chi connectivity index (χ1) is 9.29. The Bertz CT molecular complexity index is 744. The molecule has 0 unspecified atom stereocenters. The Kier molecular flexibility index (Phi) is 4.33. The maximum atomic E-state index is 13.2. The number of hydrogen-bond acceptors (Lipinski definition) is 4. The molecule has 8 heteroatoms. The van der Waals surface area contributed by atoms with Gasteiger partial charge in [-0.3, -0.25) is 0 Å². The van der Waals surface area contributed by atoms with Crippen molar-refractivity contribution in [2.24, 2.45) is 0 Å². The maximum absolute atomic E-state index is 13.2. The number of rotatable bonds is 4. The first-order valence-electron chi connectivity index (χ1n) is 5.59. The lowest BCUT2D eigenvalue weighted by Gasteiger charge is -2.10. The molecule has 1 heterocycles. The van der Waals surface area contributed by atoms with Gasteiger partial charge in [0.2, 0.25) is 10.0 Å². The number of nitrogen functional groups attached to an aromatic ring is 1. The highest BCUT2D eigenvalue weighted by Crippen LogP contribution is 2.24. The maximum Gasteiger partial charge on any atom is 0.241 e. The van der Waals surface area contributed by atoms with E-state index in [0.717, 1.165) is 17.0 Å². The molecule has 0 spiro atoms. The van der Waals surface area contributed by atoms with E-state index in [-0.39, 0.29) is 17.1 Å². The van der Waals surface area contributed by atoms with Crippen molar-refractivity contribution in [3.63, 3.8) is 0 Å². The molecule has 1 aromatic heterocycles. The number of thiophene rings is 1. The van der Waals surface area contributed by atoms with Crippen molar-refractivity contribution in [3.05, 3.63) is 44.9 Å². The molecule has 3 N–H and O–H groups in total. The third-order valence-corrected chi connectivity index (χ3v) is 5.42. The van der Waals surface area contributed by atoms with E-state index in [0.29, 0.717) is 9.90 Å². The van der Waals surface area contributed by atoms with Crippen LogP contribution < -0.4 is 10.5 Å². The van der Waals surface area contributed by atoms with E-state index in [4.69, 9.17) is 17.3 Å². The summed E-state index contributed by atoms with van der Waals surface area (Å²) in [6, 6.07) is 5.65. The van der Waals surface area contributed by atoms with Gasteiger partial charge in [0.1, 0.15) is 5.82 Å². The lowest BCUT2D eigenvalue weighted by molar-refractivity contribution is 0.580. The average molecular weight is 335 g/mol. The molecular formula is C12H12ClFN2O2S2. The van der Waals surface area contributed by atoms with Gasteiger partial charge in [0.25, 0.3) is 0 Å². The molecule has 0 saturated carbocycles. The Hall–Kier alpha value is -1.15. The Morgan fingerprint density at radius 3 is 2.70 bits per heavy atom. The lowest BCUT2D eigenvalue weighted by atomic mass is 10.2. The van der Waals surface area contributed by atoms with Gasteiger partial charge in [0.05, 0.1) is 14.9 Å². The molecule has 0 radical (unpaired) electrons. The van der Waals surface area contributed by atoms with Crippen molar-refractivity contribution < 1.29 is 12.8 Å². The molecule has 4 nitrogen and oxygen atoms in total. The van der Waals surface area contributed by atoms with E-state index in [1.165, 1.54) is 18.3 Å². The highest BCUT2D eigenvalue weighted by Gasteiger charge is 2.18. The number of halogens is 2. The van der Waals surface area contributed by atoms with Gasteiger partial charge in [-0.1, -0.05) is 11.6 Å². The quantitative estimate of drug-likeness (QED) is 0.844. The fourth-order valence-corrected chi connectivity index (χ4v) is 4.03. The second-order valence-corrected chi connectivity index (χ2v) is 7.70.